The summed E-state index contributed by atoms with van der Waals surface area (Å²) in [6.45, 7) is 15.8. The highest BCUT2D eigenvalue weighted by molar-refractivity contribution is 6.74. The molecule has 0 aliphatic heterocycles. The van der Waals surface area contributed by atoms with Crippen LogP contribution in [0.1, 0.15) is 77.1 Å². The van der Waals surface area contributed by atoms with E-state index in [9.17, 15) is 4.79 Å². The summed E-state index contributed by atoms with van der Waals surface area (Å²) in [7, 11) is 1.24. The maximum Gasteiger partial charge on any atom is 0.347 e. The normalized spacial score (nSPS) is 13.0. The highest BCUT2D eigenvalue weighted by Gasteiger charge is 2.36. The van der Waals surface area contributed by atoms with Gasteiger partial charge in [-0.15, -0.1) is 0 Å². The second-order valence-corrected chi connectivity index (χ2v) is 14.8. The molecule has 1 rings (SSSR count). The quantitative estimate of drug-likeness (QED) is 0.135. The van der Waals surface area contributed by atoms with E-state index < -0.39 is 20.4 Å². The minimum Gasteiger partial charge on any atom is -0.496 e. The number of rotatable bonds is 12. The molecule has 0 N–H and O–H groups in total. The highest BCUT2D eigenvalue weighted by atomic mass is 28.4. The lowest BCUT2D eigenvalue weighted by Crippen LogP contribution is -2.40. The van der Waals surface area contributed by atoms with Crippen molar-refractivity contribution in [2.45, 2.75) is 91.0 Å². The molecule has 0 fully saturated rings. The van der Waals surface area contributed by atoms with E-state index in [4.69, 9.17) is 18.6 Å². The van der Waals surface area contributed by atoms with Crippen molar-refractivity contribution in [3.8, 4) is 23.3 Å². The van der Waals surface area contributed by atoms with Gasteiger partial charge in [0.25, 0.3) is 0 Å². The Morgan fingerprint density at radius 1 is 1.09 bits per heavy atom. The third-order valence-electron chi connectivity index (χ3n) is 6.27. The second-order valence-electron chi connectivity index (χ2n) is 10.0. The number of benzene rings is 1. The van der Waals surface area contributed by atoms with Crippen LogP contribution in [-0.2, 0) is 9.16 Å². The van der Waals surface area contributed by atoms with Crippen molar-refractivity contribution in [2.75, 3.05) is 20.8 Å². The molecule has 0 bridgehead atoms. The van der Waals surface area contributed by atoms with Crippen molar-refractivity contribution in [2.24, 2.45) is 0 Å². The SMILES string of the molecule is CCCCCCC(C#C/C(C)=C\CO[Si](C)(C)C(C)(C)C)OC(=O)c1c(OC)cccc1OC. The molecule has 0 aliphatic carbocycles. The summed E-state index contributed by atoms with van der Waals surface area (Å²) in [6.07, 6.45) is 6.50. The van der Waals surface area contributed by atoms with E-state index in [1.54, 1.807) is 18.2 Å². The molecule has 0 spiro atoms. The molecule has 1 aromatic carbocycles. The van der Waals surface area contributed by atoms with Gasteiger partial charge in [0.1, 0.15) is 17.1 Å². The molecule has 1 atom stereocenters. The first-order chi connectivity index (χ1) is 16.0. The Morgan fingerprint density at radius 2 is 1.71 bits per heavy atom. The third kappa shape index (κ3) is 9.56. The van der Waals surface area contributed by atoms with Gasteiger partial charge in [-0.2, -0.15) is 0 Å². The van der Waals surface area contributed by atoms with E-state index in [0.717, 1.165) is 31.3 Å². The number of carbonyl (C=O) groups is 1. The predicted molar refractivity (Wildman–Crippen MR) is 142 cm³/mol. The number of unbranched alkanes of at least 4 members (excludes halogenated alkanes) is 3. The lowest BCUT2D eigenvalue weighted by molar-refractivity contribution is 0.0385. The Morgan fingerprint density at radius 3 is 2.24 bits per heavy atom. The van der Waals surface area contributed by atoms with Gasteiger partial charge in [-0.1, -0.05) is 64.9 Å². The minimum atomic E-state index is -1.81. The van der Waals surface area contributed by atoms with E-state index in [1.165, 1.54) is 14.2 Å². The zero-order chi connectivity index (χ0) is 25.8. The monoisotopic (exact) mass is 488 g/mol. The first-order valence-corrected chi connectivity index (χ1v) is 15.1. The lowest BCUT2D eigenvalue weighted by atomic mass is 10.1. The van der Waals surface area contributed by atoms with E-state index in [1.807, 2.05) is 13.0 Å². The van der Waals surface area contributed by atoms with Gasteiger partial charge in [0.2, 0.25) is 0 Å². The number of carbonyl (C=O) groups excluding carboxylic acids is 1. The molecular formula is C28H44O5Si. The fraction of sp³-hybridized carbons (Fsp3) is 0.607. The molecule has 0 heterocycles. The lowest BCUT2D eigenvalue weighted by Gasteiger charge is -2.35. The Hall–Kier alpha value is -2.23. The average molecular weight is 489 g/mol. The molecule has 0 aliphatic rings. The number of hydrogen-bond donors (Lipinski definition) is 0. The van der Waals surface area contributed by atoms with E-state index >= 15 is 0 Å². The van der Waals surface area contributed by atoms with Crippen LogP contribution in [0.15, 0.2) is 29.8 Å². The first kappa shape index (κ1) is 29.8. The van der Waals surface area contributed by atoms with Gasteiger partial charge in [-0.05, 0) is 61.7 Å². The van der Waals surface area contributed by atoms with Crippen LogP contribution in [0.3, 0.4) is 0 Å². The van der Waals surface area contributed by atoms with Crippen molar-refractivity contribution in [3.63, 3.8) is 0 Å². The second kappa shape index (κ2) is 14.2. The summed E-state index contributed by atoms with van der Waals surface area (Å²) >= 11 is 0. The van der Waals surface area contributed by atoms with Crippen molar-refractivity contribution >= 4 is 14.3 Å². The van der Waals surface area contributed by atoms with Gasteiger partial charge in [0.05, 0.1) is 20.8 Å². The number of allylic oxidation sites excluding steroid dienone is 1. The molecule has 0 saturated heterocycles. The fourth-order valence-corrected chi connectivity index (χ4v) is 3.93. The summed E-state index contributed by atoms with van der Waals surface area (Å²) in [5.74, 6) is 6.67. The Kier molecular flexibility index (Phi) is 12.5. The van der Waals surface area contributed by atoms with Crippen LogP contribution in [0.5, 0.6) is 11.5 Å². The third-order valence-corrected chi connectivity index (χ3v) is 10.8. The molecule has 0 saturated carbocycles. The molecule has 190 valence electrons. The molecule has 0 amide bonds. The summed E-state index contributed by atoms with van der Waals surface area (Å²) in [6, 6.07) is 5.21. The van der Waals surface area contributed by atoms with Crippen LogP contribution in [0, 0.1) is 11.8 Å². The maximum atomic E-state index is 13.0. The van der Waals surface area contributed by atoms with Crippen molar-refractivity contribution in [1.29, 1.82) is 0 Å². The Labute approximate surface area is 208 Å². The molecule has 0 radical (unpaired) electrons. The summed E-state index contributed by atoms with van der Waals surface area (Å²) < 4.78 is 22.8. The topological polar surface area (TPSA) is 54.0 Å². The van der Waals surface area contributed by atoms with Crippen molar-refractivity contribution < 1.29 is 23.4 Å². The van der Waals surface area contributed by atoms with Crippen LogP contribution in [0.2, 0.25) is 18.1 Å². The van der Waals surface area contributed by atoms with E-state index in [2.05, 4.69) is 52.6 Å². The van der Waals surface area contributed by atoms with Crippen LogP contribution < -0.4 is 9.47 Å². The average Bonchev–Trinajstić information content (AvgIpc) is 2.78. The van der Waals surface area contributed by atoms with Crippen LogP contribution >= 0.6 is 0 Å². The van der Waals surface area contributed by atoms with Gasteiger partial charge in [0, 0.05) is 0 Å². The number of ether oxygens (including phenoxy) is 3. The molecule has 1 unspecified atom stereocenters. The van der Waals surface area contributed by atoms with Crippen LogP contribution in [0.4, 0.5) is 0 Å². The first-order valence-electron chi connectivity index (χ1n) is 12.2. The predicted octanol–water partition coefficient (Wildman–Crippen LogP) is 7.17. The number of esters is 1. The largest absolute Gasteiger partial charge is 0.496 e. The van der Waals surface area contributed by atoms with Gasteiger partial charge in [-0.3, -0.25) is 0 Å². The summed E-state index contributed by atoms with van der Waals surface area (Å²) in [5, 5.41) is 0.164. The molecule has 1 aromatic rings. The van der Waals surface area contributed by atoms with Gasteiger partial charge >= 0.3 is 5.97 Å². The Balaban J connectivity index is 2.99. The van der Waals surface area contributed by atoms with Crippen molar-refractivity contribution in [3.05, 3.63) is 35.4 Å². The number of hydrogen-bond acceptors (Lipinski definition) is 5. The van der Waals surface area contributed by atoms with Gasteiger partial charge in [0.15, 0.2) is 14.4 Å². The standard InChI is InChI=1S/C28H44O5Si/c1-10-11-12-13-15-23(19-18-22(2)20-21-32-34(8,9)28(3,4)5)33-27(29)26-24(30-6)16-14-17-25(26)31-7/h14,16-17,20,23H,10-13,15,21H2,1-9H3/b22-20-. The van der Waals surface area contributed by atoms with Crippen LogP contribution in [-0.4, -0.2) is 41.2 Å². The van der Waals surface area contributed by atoms with Gasteiger partial charge in [-0.25, -0.2) is 4.79 Å². The highest BCUT2D eigenvalue weighted by Crippen LogP contribution is 2.36. The summed E-state index contributed by atoms with van der Waals surface area (Å²) in [5.41, 5.74) is 1.19. The molecule has 0 aromatic heterocycles. The summed E-state index contributed by atoms with van der Waals surface area (Å²) in [4.78, 5) is 13.0. The molecule has 34 heavy (non-hydrogen) atoms. The molecular weight excluding hydrogens is 444 g/mol. The van der Waals surface area contributed by atoms with E-state index in [0.29, 0.717) is 24.5 Å². The van der Waals surface area contributed by atoms with Gasteiger partial charge < -0.3 is 18.6 Å². The fourth-order valence-electron chi connectivity index (χ4n) is 2.99. The minimum absolute atomic E-state index is 0.164. The zero-order valence-corrected chi connectivity index (χ0v) is 23.7. The molecule has 6 heteroatoms. The van der Waals surface area contributed by atoms with Crippen LogP contribution in [0.25, 0.3) is 0 Å². The zero-order valence-electron chi connectivity index (χ0n) is 22.7. The number of methoxy groups -OCH3 is 2. The van der Waals surface area contributed by atoms with Crippen molar-refractivity contribution in [1.82, 2.24) is 0 Å². The maximum absolute atomic E-state index is 13.0. The van der Waals surface area contributed by atoms with E-state index in [-0.39, 0.29) is 10.6 Å². The smallest absolute Gasteiger partial charge is 0.347 e. The Bertz CT molecular complexity index is 849. The molecule has 5 nitrogen and oxygen atoms in total.